The Kier molecular flexibility index (Phi) is 7.55. The van der Waals surface area contributed by atoms with Gasteiger partial charge in [-0.2, -0.15) is 0 Å². The third kappa shape index (κ3) is 5.20. The van der Waals surface area contributed by atoms with E-state index in [0.717, 1.165) is 38.2 Å². The monoisotopic (exact) mass is 443 g/mol. The molecule has 0 spiro atoms. The molecule has 3 aliphatic rings. The number of ether oxygens (including phenoxy) is 2. The summed E-state index contributed by atoms with van der Waals surface area (Å²) in [5.41, 5.74) is 1.09. The largest absolute Gasteiger partial charge is 0.493 e. The third-order valence-corrected chi connectivity index (χ3v) is 7.40. The first-order valence-corrected chi connectivity index (χ1v) is 12.1. The molecule has 0 bridgehead atoms. The molecular weight excluding hydrogens is 406 g/mol. The van der Waals surface area contributed by atoms with Gasteiger partial charge >= 0.3 is 0 Å². The Hall–Kier alpha value is -2.28. The predicted octanol–water partition coefficient (Wildman–Crippen LogP) is 2.57. The fourth-order valence-electron chi connectivity index (χ4n) is 5.47. The molecule has 7 heteroatoms. The highest BCUT2D eigenvalue weighted by molar-refractivity contribution is 5.89. The molecule has 176 valence electrons. The van der Waals surface area contributed by atoms with Gasteiger partial charge in [0.1, 0.15) is 0 Å². The zero-order valence-corrected chi connectivity index (χ0v) is 19.6. The Morgan fingerprint density at radius 2 is 1.72 bits per heavy atom. The molecular formula is C25H37N3O4. The average Bonchev–Trinajstić information content (AvgIpc) is 3.23. The van der Waals surface area contributed by atoms with Gasteiger partial charge in [-0.3, -0.25) is 14.5 Å². The molecule has 0 aromatic heterocycles. The van der Waals surface area contributed by atoms with E-state index in [4.69, 9.17) is 9.47 Å². The van der Waals surface area contributed by atoms with Gasteiger partial charge in [-0.1, -0.05) is 25.3 Å². The maximum atomic E-state index is 13.1. The highest BCUT2D eigenvalue weighted by Gasteiger charge is 2.37. The third-order valence-electron chi connectivity index (χ3n) is 7.40. The van der Waals surface area contributed by atoms with Crippen LogP contribution in [0.1, 0.15) is 44.1 Å². The summed E-state index contributed by atoms with van der Waals surface area (Å²) in [5.74, 6) is 1.44. The Morgan fingerprint density at radius 1 is 1.00 bits per heavy atom. The number of methoxy groups -OCH3 is 2. The second-order valence-electron chi connectivity index (χ2n) is 9.33. The van der Waals surface area contributed by atoms with Crippen molar-refractivity contribution in [2.75, 3.05) is 53.5 Å². The van der Waals surface area contributed by atoms with Crippen LogP contribution in [0.3, 0.4) is 0 Å². The Balaban J connectivity index is 1.26. The lowest BCUT2D eigenvalue weighted by Gasteiger charge is -2.41. The maximum Gasteiger partial charge on any atom is 0.228 e. The van der Waals surface area contributed by atoms with Gasteiger partial charge in [0.05, 0.1) is 20.1 Å². The van der Waals surface area contributed by atoms with Crippen LogP contribution in [0.4, 0.5) is 0 Å². The molecule has 0 radical (unpaired) electrons. The van der Waals surface area contributed by atoms with Gasteiger partial charge in [-0.15, -0.1) is 0 Å². The van der Waals surface area contributed by atoms with Crippen molar-refractivity contribution in [1.29, 1.82) is 0 Å². The number of carbonyl (C=O) groups excluding carboxylic acids is 2. The first-order valence-electron chi connectivity index (χ1n) is 12.1. The molecule has 1 aromatic rings. The number of benzene rings is 1. The smallest absolute Gasteiger partial charge is 0.228 e. The molecule has 1 unspecified atom stereocenters. The highest BCUT2D eigenvalue weighted by Crippen LogP contribution is 2.29. The molecule has 2 amide bonds. The molecule has 2 aliphatic heterocycles. The topological polar surface area (TPSA) is 62.3 Å². The lowest BCUT2D eigenvalue weighted by molar-refractivity contribution is -0.137. The second kappa shape index (κ2) is 10.6. The van der Waals surface area contributed by atoms with Crippen LogP contribution in [-0.4, -0.2) is 86.0 Å². The molecule has 4 rings (SSSR count). The number of hydrogen-bond donors (Lipinski definition) is 0. The molecule has 7 nitrogen and oxygen atoms in total. The van der Waals surface area contributed by atoms with Crippen molar-refractivity contribution in [3.63, 3.8) is 0 Å². The van der Waals surface area contributed by atoms with E-state index in [1.54, 1.807) is 14.2 Å². The number of likely N-dealkylation sites (tertiary alicyclic amines) is 1. The van der Waals surface area contributed by atoms with E-state index in [2.05, 4.69) is 4.90 Å². The van der Waals surface area contributed by atoms with Crippen LogP contribution in [0, 0.1) is 5.92 Å². The van der Waals surface area contributed by atoms with E-state index in [1.165, 1.54) is 32.1 Å². The highest BCUT2D eigenvalue weighted by atomic mass is 16.5. The van der Waals surface area contributed by atoms with Gasteiger partial charge in [0.2, 0.25) is 11.8 Å². The van der Waals surface area contributed by atoms with E-state index >= 15 is 0 Å². The average molecular weight is 444 g/mol. The zero-order chi connectivity index (χ0) is 22.5. The normalized spacial score (nSPS) is 22.9. The number of piperazine rings is 1. The summed E-state index contributed by atoms with van der Waals surface area (Å²) in [4.78, 5) is 32.1. The van der Waals surface area contributed by atoms with E-state index in [-0.39, 0.29) is 17.7 Å². The van der Waals surface area contributed by atoms with Crippen molar-refractivity contribution in [3.8, 4) is 11.5 Å². The quantitative estimate of drug-likeness (QED) is 0.648. The number of hydrogen-bond acceptors (Lipinski definition) is 5. The second-order valence-corrected chi connectivity index (χ2v) is 9.33. The zero-order valence-electron chi connectivity index (χ0n) is 19.6. The SMILES string of the molecule is COc1ccc(CCN2CC(C(=O)N3CCN(C4CCCCC4)CC3)CC2=O)cc1OC. The van der Waals surface area contributed by atoms with E-state index in [1.807, 2.05) is 28.0 Å². The van der Waals surface area contributed by atoms with Crippen molar-refractivity contribution in [2.45, 2.75) is 51.0 Å². The van der Waals surface area contributed by atoms with Crippen LogP contribution >= 0.6 is 0 Å². The van der Waals surface area contributed by atoms with Crippen LogP contribution in [0.15, 0.2) is 18.2 Å². The lowest BCUT2D eigenvalue weighted by atomic mass is 9.93. The van der Waals surface area contributed by atoms with Crippen LogP contribution in [-0.2, 0) is 16.0 Å². The summed E-state index contributed by atoms with van der Waals surface area (Å²) < 4.78 is 10.7. The standard InChI is InChI=1S/C25H37N3O4/c1-31-22-9-8-19(16-23(22)32-2)10-11-28-18-20(17-24(28)29)25(30)27-14-12-26(13-15-27)21-6-4-3-5-7-21/h8-9,16,20-21H,3-7,10-15,17-18H2,1-2H3. The van der Waals surface area contributed by atoms with Crippen molar-refractivity contribution >= 4 is 11.8 Å². The molecule has 3 fully saturated rings. The first kappa shape index (κ1) is 22.9. The Bertz CT molecular complexity index is 800. The molecule has 0 N–H and O–H groups in total. The summed E-state index contributed by atoms with van der Waals surface area (Å²) >= 11 is 0. The van der Waals surface area contributed by atoms with E-state index in [9.17, 15) is 9.59 Å². The molecule has 1 aromatic carbocycles. The van der Waals surface area contributed by atoms with E-state index < -0.39 is 0 Å². The molecule has 2 saturated heterocycles. The van der Waals surface area contributed by atoms with Crippen molar-refractivity contribution in [1.82, 2.24) is 14.7 Å². The van der Waals surface area contributed by atoms with E-state index in [0.29, 0.717) is 37.1 Å². The number of amides is 2. The van der Waals surface area contributed by atoms with Gasteiger partial charge in [-0.05, 0) is 37.0 Å². The van der Waals surface area contributed by atoms with Crippen LogP contribution in [0.25, 0.3) is 0 Å². The maximum absolute atomic E-state index is 13.1. The summed E-state index contributed by atoms with van der Waals surface area (Å²) in [6.45, 7) is 4.69. The van der Waals surface area contributed by atoms with Gasteiger partial charge in [0.15, 0.2) is 11.5 Å². The fraction of sp³-hybridized carbons (Fsp3) is 0.680. The van der Waals surface area contributed by atoms with Gasteiger partial charge in [0.25, 0.3) is 0 Å². The summed E-state index contributed by atoms with van der Waals surface area (Å²) in [6, 6.07) is 6.55. The predicted molar refractivity (Wildman–Crippen MR) is 123 cm³/mol. The Labute approximate surface area is 191 Å². The first-order chi connectivity index (χ1) is 15.6. The number of carbonyl (C=O) groups is 2. The van der Waals surface area contributed by atoms with Crippen molar-refractivity contribution < 1.29 is 19.1 Å². The molecule has 1 saturated carbocycles. The van der Waals surface area contributed by atoms with Gasteiger partial charge in [0, 0.05) is 51.7 Å². The minimum atomic E-state index is -0.200. The van der Waals surface area contributed by atoms with Crippen molar-refractivity contribution in [2.24, 2.45) is 5.92 Å². The summed E-state index contributed by atoms with van der Waals surface area (Å²) in [7, 11) is 3.24. The molecule has 1 aliphatic carbocycles. The fourth-order valence-corrected chi connectivity index (χ4v) is 5.47. The molecule has 2 heterocycles. The van der Waals surface area contributed by atoms with Crippen molar-refractivity contribution in [3.05, 3.63) is 23.8 Å². The van der Waals surface area contributed by atoms with Crippen LogP contribution in [0.2, 0.25) is 0 Å². The number of rotatable bonds is 7. The minimum absolute atomic E-state index is 0.0877. The van der Waals surface area contributed by atoms with Gasteiger partial charge in [-0.25, -0.2) is 0 Å². The summed E-state index contributed by atoms with van der Waals surface area (Å²) in [5, 5.41) is 0. The molecule has 32 heavy (non-hydrogen) atoms. The number of nitrogens with zero attached hydrogens (tertiary/aromatic N) is 3. The molecule has 1 atom stereocenters. The lowest BCUT2D eigenvalue weighted by Crippen LogP contribution is -2.53. The van der Waals surface area contributed by atoms with Crippen LogP contribution < -0.4 is 9.47 Å². The van der Waals surface area contributed by atoms with Crippen LogP contribution in [0.5, 0.6) is 11.5 Å². The minimum Gasteiger partial charge on any atom is -0.493 e. The summed E-state index contributed by atoms with van der Waals surface area (Å²) in [6.07, 6.45) is 7.73. The van der Waals surface area contributed by atoms with Gasteiger partial charge < -0.3 is 19.3 Å². The Morgan fingerprint density at radius 3 is 2.41 bits per heavy atom.